The zero-order chi connectivity index (χ0) is 14.9. The first-order valence-electron chi connectivity index (χ1n) is 7.54. The molecule has 0 saturated carbocycles. The lowest BCUT2D eigenvalue weighted by Gasteiger charge is -2.08. The van der Waals surface area contributed by atoms with Crippen molar-refractivity contribution in [2.75, 3.05) is 12.3 Å². The van der Waals surface area contributed by atoms with E-state index in [0.717, 1.165) is 36.0 Å². The quantitative estimate of drug-likeness (QED) is 0.547. The Bertz CT molecular complexity index is 520. The highest BCUT2D eigenvalue weighted by Gasteiger charge is 1.99. The third-order valence-corrected chi connectivity index (χ3v) is 3.21. The zero-order valence-corrected chi connectivity index (χ0v) is 12.5. The lowest BCUT2D eigenvalue weighted by molar-refractivity contribution is 0.304. The molecule has 0 aliphatic rings. The molecule has 0 aromatic heterocycles. The molecule has 112 valence electrons. The van der Waals surface area contributed by atoms with E-state index in [2.05, 4.69) is 6.92 Å². The van der Waals surface area contributed by atoms with Crippen molar-refractivity contribution < 1.29 is 9.47 Å². The first kappa shape index (κ1) is 15.2. The van der Waals surface area contributed by atoms with Crippen LogP contribution in [0.1, 0.15) is 32.6 Å². The van der Waals surface area contributed by atoms with Gasteiger partial charge in [0.25, 0.3) is 0 Å². The van der Waals surface area contributed by atoms with E-state index < -0.39 is 0 Å². The number of anilines is 1. The van der Waals surface area contributed by atoms with Crippen LogP contribution in [0.25, 0.3) is 0 Å². The highest BCUT2D eigenvalue weighted by molar-refractivity contribution is 5.43. The highest BCUT2D eigenvalue weighted by Crippen LogP contribution is 2.24. The topological polar surface area (TPSA) is 44.5 Å². The van der Waals surface area contributed by atoms with Gasteiger partial charge in [0.2, 0.25) is 0 Å². The Balaban J connectivity index is 1.80. The second kappa shape index (κ2) is 8.20. The van der Waals surface area contributed by atoms with Gasteiger partial charge in [-0.25, -0.2) is 0 Å². The van der Waals surface area contributed by atoms with Crippen molar-refractivity contribution in [2.24, 2.45) is 0 Å². The minimum Gasteiger partial charge on any atom is -0.494 e. The second-order valence-corrected chi connectivity index (χ2v) is 5.05. The van der Waals surface area contributed by atoms with E-state index in [1.54, 1.807) is 0 Å². The van der Waals surface area contributed by atoms with Crippen molar-refractivity contribution in [2.45, 2.75) is 32.6 Å². The molecule has 21 heavy (non-hydrogen) atoms. The lowest BCUT2D eigenvalue weighted by Crippen LogP contribution is -1.97. The molecule has 2 aromatic carbocycles. The number of rotatable bonds is 8. The standard InChI is InChI=1S/C18H23NO2/c1-2-3-4-5-14-20-16-10-12-18(13-11-16)21-17-8-6-15(19)7-9-17/h6-13H,2-5,14,19H2,1H3. The molecular formula is C18H23NO2. The van der Waals surface area contributed by atoms with Crippen molar-refractivity contribution in [1.29, 1.82) is 0 Å². The predicted octanol–water partition coefficient (Wildman–Crippen LogP) is 5.02. The molecule has 0 aliphatic heterocycles. The van der Waals surface area contributed by atoms with E-state index >= 15 is 0 Å². The fourth-order valence-electron chi connectivity index (χ4n) is 1.99. The fraction of sp³-hybridized carbons (Fsp3) is 0.333. The van der Waals surface area contributed by atoms with Crippen LogP contribution in [0.2, 0.25) is 0 Å². The SMILES string of the molecule is CCCCCCOc1ccc(Oc2ccc(N)cc2)cc1. The molecule has 0 aliphatic carbocycles. The Hall–Kier alpha value is -2.16. The highest BCUT2D eigenvalue weighted by atomic mass is 16.5. The average molecular weight is 285 g/mol. The summed E-state index contributed by atoms with van der Waals surface area (Å²) in [5.41, 5.74) is 6.38. The number of hydrogen-bond donors (Lipinski definition) is 1. The summed E-state index contributed by atoms with van der Waals surface area (Å²) >= 11 is 0. The van der Waals surface area contributed by atoms with Gasteiger partial charge in [-0.2, -0.15) is 0 Å². The van der Waals surface area contributed by atoms with Crippen molar-refractivity contribution in [3.8, 4) is 17.2 Å². The van der Waals surface area contributed by atoms with Crippen LogP contribution < -0.4 is 15.2 Å². The fourth-order valence-corrected chi connectivity index (χ4v) is 1.99. The summed E-state index contributed by atoms with van der Waals surface area (Å²) in [5.74, 6) is 2.45. The van der Waals surface area contributed by atoms with Crippen LogP contribution in [-0.4, -0.2) is 6.61 Å². The van der Waals surface area contributed by atoms with Crippen LogP contribution in [-0.2, 0) is 0 Å². The Kier molecular flexibility index (Phi) is 5.95. The maximum Gasteiger partial charge on any atom is 0.127 e. The van der Waals surface area contributed by atoms with Crippen LogP contribution in [0, 0.1) is 0 Å². The van der Waals surface area contributed by atoms with Crippen molar-refractivity contribution in [1.82, 2.24) is 0 Å². The van der Waals surface area contributed by atoms with Gasteiger partial charge in [-0.05, 0) is 55.0 Å². The summed E-state index contributed by atoms with van der Waals surface area (Å²) in [6.07, 6.45) is 4.86. The minimum absolute atomic E-state index is 0.731. The molecule has 0 fully saturated rings. The molecule has 0 amide bonds. The second-order valence-electron chi connectivity index (χ2n) is 5.05. The molecule has 0 spiro atoms. The molecule has 2 aromatic rings. The van der Waals surface area contributed by atoms with Gasteiger partial charge in [-0.3, -0.25) is 0 Å². The van der Waals surface area contributed by atoms with Gasteiger partial charge in [0.05, 0.1) is 6.61 Å². The van der Waals surface area contributed by atoms with Gasteiger partial charge in [0.1, 0.15) is 17.2 Å². The molecule has 0 radical (unpaired) electrons. The predicted molar refractivity (Wildman–Crippen MR) is 87.0 cm³/mol. The van der Waals surface area contributed by atoms with E-state index in [9.17, 15) is 0 Å². The first-order valence-corrected chi connectivity index (χ1v) is 7.54. The number of ether oxygens (including phenoxy) is 2. The Morgan fingerprint density at radius 1 is 0.762 bits per heavy atom. The largest absolute Gasteiger partial charge is 0.494 e. The van der Waals surface area contributed by atoms with E-state index in [1.165, 1.54) is 19.3 Å². The summed E-state index contributed by atoms with van der Waals surface area (Å²) in [4.78, 5) is 0. The Labute approximate surface area is 126 Å². The number of nitrogen functional groups attached to an aromatic ring is 1. The van der Waals surface area contributed by atoms with Crippen LogP contribution >= 0.6 is 0 Å². The number of unbranched alkanes of at least 4 members (excludes halogenated alkanes) is 3. The van der Waals surface area contributed by atoms with Crippen molar-refractivity contribution in [3.05, 3.63) is 48.5 Å². The number of nitrogens with two attached hydrogens (primary N) is 1. The summed E-state index contributed by atoms with van der Waals surface area (Å²) in [7, 11) is 0. The summed E-state index contributed by atoms with van der Waals surface area (Å²) < 4.78 is 11.4. The van der Waals surface area contributed by atoms with Gasteiger partial charge in [0.15, 0.2) is 0 Å². The van der Waals surface area contributed by atoms with E-state index in [1.807, 2.05) is 48.5 Å². The summed E-state index contributed by atoms with van der Waals surface area (Å²) in [5, 5.41) is 0. The third kappa shape index (κ3) is 5.38. The van der Waals surface area contributed by atoms with E-state index in [-0.39, 0.29) is 0 Å². The minimum atomic E-state index is 0.731. The van der Waals surface area contributed by atoms with Crippen LogP contribution in [0.15, 0.2) is 48.5 Å². The Morgan fingerprint density at radius 3 is 1.95 bits per heavy atom. The molecule has 3 nitrogen and oxygen atoms in total. The van der Waals surface area contributed by atoms with Crippen molar-refractivity contribution >= 4 is 5.69 Å². The number of benzene rings is 2. The van der Waals surface area contributed by atoms with Gasteiger partial charge in [0, 0.05) is 5.69 Å². The smallest absolute Gasteiger partial charge is 0.127 e. The molecule has 0 bridgehead atoms. The number of hydrogen-bond acceptors (Lipinski definition) is 3. The molecule has 3 heteroatoms. The molecular weight excluding hydrogens is 262 g/mol. The lowest BCUT2D eigenvalue weighted by atomic mass is 10.2. The average Bonchev–Trinajstić information content (AvgIpc) is 2.51. The molecule has 2 N–H and O–H groups in total. The summed E-state index contributed by atoms with van der Waals surface area (Å²) in [6.45, 7) is 2.98. The monoisotopic (exact) mass is 285 g/mol. The van der Waals surface area contributed by atoms with Gasteiger partial charge in [-0.15, -0.1) is 0 Å². The molecule has 2 rings (SSSR count). The normalized spacial score (nSPS) is 10.3. The van der Waals surface area contributed by atoms with Crippen molar-refractivity contribution in [3.63, 3.8) is 0 Å². The van der Waals surface area contributed by atoms with Crippen LogP contribution in [0.4, 0.5) is 5.69 Å². The molecule has 0 atom stereocenters. The van der Waals surface area contributed by atoms with Crippen LogP contribution in [0.5, 0.6) is 17.2 Å². The zero-order valence-electron chi connectivity index (χ0n) is 12.5. The van der Waals surface area contributed by atoms with Crippen LogP contribution in [0.3, 0.4) is 0 Å². The van der Waals surface area contributed by atoms with Gasteiger partial charge >= 0.3 is 0 Å². The van der Waals surface area contributed by atoms with E-state index in [0.29, 0.717) is 0 Å². The third-order valence-electron chi connectivity index (χ3n) is 3.21. The first-order chi connectivity index (χ1) is 10.3. The van der Waals surface area contributed by atoms with Gasteiger partial charge < -0.3 is 15.2 Å². The maximum absolute atomic E-state index is 5.73. The van der Waals surface area contributed by atoms with Gasteiger partial charge in [-0.1, -0.05) is 26.2 Å². The Morgan fingerprint density at radius 2 is 1.33 bits per heavy atom. The molecule has 0 unspecified atom stereocenters. The summed E-state index contributed by atoms with van der Waals surface area (Å²) in [6, 6.07) is 15.1. The maximum atomic E-state index is 5.73. The molecule has 0 saturated heterocycles. The van der Waals surface area contributed by atoms with E-state index in [4.69, 9.17) is 15.2 Å². The molecule has 0 heterocycles.